The van der Waals surface area contributed by atoms with Crippen LogP contribution >= 0.6 is 0 Å². The molecule has 1 amide bonds. The lowest BCUT2D eigenvalue weighted by atomic mass is 9.95. The second kappa shape index (κ2) is 7.92. The molecule has 0 aromatic carbocycles. The Morgan fingerprint density at radius 2 is 1.96 bits per heavy atom. The largest absolute Gasteiger partial charge is 0.480 e. The molecule has 8 nitrogen and oxygen atoms in total. The Labute approximate surface area is 147 Å². The lowest BCUT2D eigenvalue weighted by molar-refractivity contribution is -0.144. The van der Waals surface area contributed by atoms with Gasteiger partial charge in [0.1, 0.15) is 10.9 Å². The number of carbonyl (C=O) groups excluding carboxylic acids is 1. The number of nitrogens with zero attached hydrogens (tertiary/aromatic N) is 2. The maximum Gasteiger partial charge on any atom is 0.326 e. The van der Waals surface area contributed by atoms with E-state index in [0.717, 1.165) is 0 Å². The molecule has 2 heterocycles. The van der Waals surface area contributed by atoms with Crippen LogP contribution in [-0.2, 0) is 19.6 Å². The van der Waals surface area contributed by atoms with Crippen LogP contribution in [0.2, 0.25) is 0 Å². The van der Waals surface area contributed by atoms with Gasteiger partial charge in [-0.3, -0.25) is 9.78 Å². The molecule has 0 bridgehead atoms. The number of hydrogen-bond donors (Lipinski definition) is 2. The molecular formula is C16H23N3O5S. The van der Waals surface area contributed by atoms with Crippen molar-refractivity contribution >= 4 is 21.9 Å². The molecule has 0 aliphatic carbocycles. The third kappa shape index (κ3) is 4.55. The summed E-state index contributed by atoms with van der Waals surface area (Å²) in [6.07, 6.45) is 3.52. The SMILES string of the molecule is CC(C)C(NC(=O)C1CCN(S(=O)(=O)c2cccnc2)CC1)C(=O)O. The van der Waals surface area contributed by atoms with Crippen molar-refractivity contribution in [1.29, 1.82) is 0 Å². The number of carbonyl (C=O) groups is 2. The third-order valence-electron chi connectivity index (χ3n) is 4.33. The van der Waals surface area contributed by atoms with Crippen LogP contribution in [0.5, 0.6) is 0 Å². The molecule has 2 N–H and O–H groups in total. The van der Waals surface area contributed by atoms with Gasteiger partial charge in [0.2, 0.25) is 15.9 Å². The minimum Gasteiger partial charge on any atom is -0.480 e. The van der Waals surface area contributed by atoms with Gasteiger partial charge in [0, 0.05) is 31.4 Å². The van der Waals surface area contributed by atoms with Gasteiger partial charge < -0.3 is 10.4 Å². The second-order valence-electron chi connectivity index (χ2n) is 6.44. The minimum atomic E-state index is -3.62. The molecule has 1 aliphatic heterocycles. The van der Waals surface area contributed by atoms with E-state index in [1.54, 1.807) is 19.9 Å². The molecule has 1 atom stereocenters. The highest BCUT2D eigenvalue weighted by Crippen LogP contribution is 2.23. The first-order chi connectivity index (χ1) is 11.7. The van der Waals surface area contributed by atoms with Crippen LogP contribution < -0.4 is 5.32 Å². The lowest BCUT2D eigenvalue weighted by Gasteiger charge is -2.31. The van der Waals surface area contributed by atoms with E-state index in [-0.39, 0.29) is 35.7 Å². The number of sulfonamides is 1. The van der Waals surface area contributed by atoms with Gasteiger partial charge in [-0.2, -0.15) is 4.31 Å². The van der Waals surface area contributed by atoms with Gasteiger partial charge in [0.15, 0.2) is 0 Å². The smallest absolute Gasteiger partial charge is 0.326 e. The number of amides is 1. The average Bonchev–Trinajstić information content (AvgIpc) is 2.59. The summed E-state index contributed by atoms with van der Waals surface area (Å²) in [6, 6.07) is 2.11. The van der Waals surface area contributed by atoms with Gasteiger partial charge in [-0.25, -0.2) is 13.2 Å². The fourth-order valence-electron chi connectivity index (χ4n) is 2.79. The van der Waals surface area contributed by atoms with Crippen LogP contribution in [0.25, 0.3) is 0 Å². The molecule has 0 saturated carbocycles. The van der Waals surface area contributed by atoms with Crippen molar-refractivity contribution in [3.8, 4) is 0 Å². The fourth-order valence-corrected chi connectivity index (χ4v) is 4.23. The van der Waals surface area contributed by atoms with Crippen molar-refractivity contribution in [3.05, 3.63) is 24.5 Å². The molecular weight excluding hydrogens is 346 g/mol. The summed E-state index contributed by atoms with van der Waals surface area (Å²) in [4.78, 5) is 27.4. The molecule has 1 fully saturated rings. The molecule has 2 rings (SSSR count). The molecule has 1 aromatic heterocycles. The van der Waals surface area contributed by atoms with E-state index in [1.807, 2.05) is 0 Å². The van der Waals surface area contributed by atoms with Crippen molar-refractivity contribution in [2.24, 2.45) is 11.8 Å². The van der Waals surface area contributed by atoms with E-state index in [4.69, 9.17) is 5.11 Å². The first kappa shape index (κ1) is 19.3. The van der Waals surface area contributed by atoms with E-state index in [2.05, 4.69) is 10.3 Å². The van der Waals surface area contributed by atoms with Crippen LogP contribution in [0.1, 0.15) is 26.7 Å². The predicted octanol–water partition coefficient (Wildman–Crippen LogP) is 0.708. The number of rotatable bonds is 6. The lowest BCUT2D eigenvalue weighted by Crippen LogP contribution is -2.49. The summed E-state index contributed by atoms with van der Waals surface area (Å²) in [6.45, 7) is 3.88. The molecule has 0 radical (unpaired) electrons. The van der Waals surface area contributed by atoms with Crippen molar-refractivity contribution in [3.63, 3.8) is 0 Å². The Hall–Kier alpha value is -2.00. The number of nitrogens with one attached hydrogen (secondary N) is 1. The summed E-state index contributed by atoms with van der Waals surface area (Å²) < 4.78 is 26.4. The first-order valence-electron chi connectivity index (χ1n) is 8.17. The van der Waals surface area contributed by atoms with Gasteiger partial charge in [-0.15, -0.1) is 0 Å². The van der Waals surface area contributed by atoms with Crippen LogP contribution in [-0.4, -0.2) is 53.8 Å². The van der Waals surface area contributed by atoms with E-state index >= 15 is 0 Å². The van der Waals surface area contributed by atoms with Crippen LogP contribution in [0, 0.1) is 11.8 Å². The number of piperidine rings is 1. The van der Waals surface area contributed by atoms with Gasteiger partial charge in [-0.05, 0) is 30.9 Å². The van der Waals surface area contributed by atoms with Crippen molar-refractivity contribution in [2.45, 2.75) is 37.6 Å². The summed E-state index contributed by atoms with van der Waals surface area (Å²) in [7, 11) is -3.62. The third-order valence-corrected chi connectivity index (χ3v) is 6.21. The van der Waals surface area contributed by atoms with Crippen LogP contribution in [0.4, 0.5) is 0 Å². The summed E-state index contributed by atoms with van der Waals surface area (Å²) in [5.41, 5.74) is 0. The minimum absolute atomic E-state index is 0.128. The Balaban J connectivity index is 1.97. The van der Waals surface area contributed by atoms with Crippen LogP contribution in [0.3, 0.4) is 0 Å². The normalized spacial score (nSPS) is 18.0. The zero-order valence-electron chi connectivity index (χ0n) is 14.3. The molecule has 138 valence electrons. The highest BCUT2D eigenvalue weighted by molar-refractivity contribution is 7.89. The molecule has 1 saturated heterocycles. The monoisotopic (exact) mass is 369 g/mol. The Bertz CT molecular complexity index is 713. The summed E-state index contributed by atoms with van der Waals surface area (Å²) >= 11 is 0. The van der Waals surface area contributed by atoms with Crippen molar-refractivity contribution < 1.29 is 23.1 Å². The fraction of sp³-hybridized carbons (Fsp3) is 0.562. The van der Waals surface area contributed by atoms with Gasteiger partial charge >= 0.3 is 5.97 Å². The summed E-state index contributed by atoms with van der Waals surface area (Å²) in [5.74, 6) is -2.02. The summed E-state index contributed by atoms with van der Waals surface area (Å²) in [5, 5.41) is 11.7. The predicted molar refractivity (Wildman–Crippen MR) is 90.1 cm³/mol. The highest BCUT2D eigenvalue weighted by Gasteiger charge is 2.34. The van der Waals surface area contributed by atoms with E-state index in [9.17, 15) is 18.0 Å². The molecule has 9 heteroatoms. The Morgan fingerprint density at radius 3 is 2.44 bits per heavy atom. The average molecular weight is 369 g/mol. The highest BCUT2D eigenvalue weighted by atomic mass is 32.2. The van der Waals surface area contributed by atoms with E-state index in [1.165, 1.54) is 22.8 Å². The van der Waals surface area contributed by atoms with Crippen LogP contribution in [0.15, 0.2) is 29.4 Å². The van der Waals surface area contributed by atoms with Crippen molar-refractivity contribution in [1.82, 2.24) is 14.6 Å². The molecule has 1 aromatic rings. The Morgan fingerprint density at radius 1 is 1.32 bits per heavy atom. The zero-order chi connectivity index (χ0) is 18.6. The number of carboxylic acids is 1. The number of carboxylic acid groups (broad SMARTS) is 1. The second-order valence-corrected chi connectivity index (χ2v) is 8.37. The van der Waals surface area contributed by atoms with Gasteiger partial charge in [0.05, 0.1) is 0 Å². The van der Waals surface area contributed by atoms with Gasteiger partial charge in [0.25, 0.3) is 0 Å². The van der Waals surface area contributed by atoms with Gasteiger partial charge in [-0.1, -0.05) is 13.8 Å². The number of aromatic nitrogens is 1. The molecule has 1 unspecified atom stereocenters. The van der Waals surface area contributed by atoms with Crippen molar-refractivity contribution in [2.75, 3.05) is 13.1 Å². The van der Waals surface area contributed by atoms with E-state index < -0.39 is 22.0 Å². The zero-order valence-corrected chi connectivity index (χ0v) is 15.1. The molecule has 1 aliphatic rings. The quantitative estimate of drug-likeness (QED) is 0.763. The topological polar surface area (TPSA) is 117 Å². The van der Waals surface area contributed by atoms with E-state index in [0.29, 0.717) is 12.8 Å². The maximum absolute atomic E-state index is 12.5. The number of aliphatic carboxylic acids is 1. The Kier molecular flexibility index (Phi) is 6.12. The number of hydrogen-bond acceptors (Lipinski definition) is 5. The molecule has 25 heavy (non-hydrogen) atoms. The maximum atomic E-state index is 12.5. The number of pyridine rings is 1. The molecule has 0 spiro atoms. The first-order valence-corrected chi connectivity index (χ1v) is 9.61. The standard InChI is InChI=1S/C16H23N3O5S/c1-11(2)14(16(21)22)18-15(20)12-5-8-19(9-6-12)25(23,24)13-4-3-7-17-10-13/h3-4,7,10-12,14H,5-6,8-9H2,1-2H3,(H,18,20)(H,21,22).